The van der Waals surface area contributed by atoms with Crippen LogP contribution >= 0.6 is 0 Å². The zero-order valence-electron chi connectivity index (χ0n) is 11.8. The van der Waals surface area contributed by atoms with Gasteiger partial charge in [-0.1, -0.05) is 0 Å². The Kier molecular flexibility index (Phi) is 5.38. The molecule has 0 aliphatic carbocycles. The van der Waals surface area contributed by atoms with Crippen molar-refractivity contribution < 1.29 is 4.74 Å². The van der Waals surface area contributed by atoms with Crippen LogP contribution < -0.4 is 10.5 Å². The summed E-state index contributed by atoms with van der Waals surface area (Å²) in [5, 5.41) is 0. The van der Waals surface area contributed by atoms with Crippen LogP contribution in [0.25, 0.3) is 0 Å². The van der Waals surface area contributed by atoms with E-state index in [0.29, 0.717) is 6.61 Å². The van der Waals surface area contributed by atoms with E-state index < -0.39 is 0 Å². The van der Waals surface area contributed by atoms with E-state index in [4.69, 9.17) is 10.5 Å². The Bertz CT molecular complexity index is 499. The topological polar surface area (TPSA) is 51.4 Å². The van der Waals surface area contributed by atoms with E-state index in [9.17, 15) is 0 Å². The Morgan fingerprint density at radius 1 is 1.05 bits per heavy atom. The van der Waals surface area contributed by atoms with Crippen LogP contribution in [0.1, 0.15) is 5.56 Å². The first-order valence-corrected chi connectivity index (χ1v) is 6.80. The Morgan fingerprint density at radius 3 is 2.45 bits per heavy atom. The van der Waals surface area contributed by atoms with Crippen LogP contribution in [0, 0.1) is 0 Å². The minimum absolute atomic E-state index is 0.677. The minimum Gasteiger partial charge on any atom is -0.492 e. The van der Waals surface area contributed by atoms with Crippen molar-refractivity contribution in [3.63, 3.8) is 0 Å². The number of hydrogen-bond acceptors (Lipinski definition) is 4. The van der Waals surface area contributed by atoms with Gasteiger partial charge >= 0.3 is 0 Å². The van der Waals surface area contributed by atoms with Crippen molar-refractivity contribution >= 4 is 5.69 Å². The summed E-state index contributed by atoms with van der Waals surface area (Å²) in [6.45, 7) is 2.58. The highest BCUT2D eigenvalue weighted by molar-refractivity contribution is 5.41. The van der Waals surface area contributed by atoms with Gasteiger partial charge in [-0.05, 0) is 55.4 Å². The molecule has 4 nitrogen and oxygen atoms in total. The van der Waals surface area contributed by atoms with E-state index >= 15 is 0 Å². The Morgan fingerprint density at radius 2 is 1.75 bits per heavy atom. The fourth-order valence-electron chi connectivity index (χ4n) is 1.86. The molecule has 1 aromatic carbocycles. The van der Waals surface area contributed by atoms with Crippen LogP contribution in [0.4, 0.5) is 5.69 Å². The van der Waals surface area contributed by atoms with Crippen molar-refractivity contribution in [2.75, 3.05) is 32.5 Å². The highest BCUT2D eigenvalue weighted by Crippen LogP contribution is 2.12. The van der Waals surface area contributed by atoms with E-state index in [1.54, 1.807) is 0 Å². The van der Waals surface area contributed by atoms with E-state index in [1.165, 1.54) is 5.56 Å². The first kappa shape index (κ1) is 14.3. The zero-order chi connectivity index (χ0) is 14.2. The number of nitrogens with zero attached hydrogens (tertiary/aromatic N) is 2. The average molecular weight is 271 g/mol. The average Bonchev–Trinajstić information content (AvgIpc) is 2.48. The third-order valence-corrected chi connectivity index (χ3v) is 3.15. The molecule has 0 radical (unpaired) electrons. The summed E-state index contributed by atoms with van der Waals surface area (Å²) in [5.41, 5.74) is 7.70. The normalized spacial score (nSPS) is 10.7. The van der Waals surface area contributed by atoms with E-state index in [2.05, 4.69) is 29.1 Å². The second kappa shape index (κ2) is 7.50. The number of ether oxygens (including phenoxy) is 1. The monoisotopic (exact) mass is 271 g/mol. The van der Waals surface area contributed by atoms with Crippen LogP contribution in [-0.4, -0.2) is 36.6 Å². The SMILES string of the molecule is CN(CCOc1ccc(N)cc1)CCc1ccncc1. The third kappa shape index (κ3) is 4.90. The molecule has 0 saturated carbocycles. The predicted octanol–water partition coefficient (Wildman–Crippen LogP) is 2.22. The molecule has 0 amide bonds. The second-order valence-corrected chi connectivity index (χ2v) is 4.83. The molecule has 2 N–H and O–H groups in total. The first-order valence-electron chi connectivity index (χ1n) is 6.80. The molecule has 2 aromatic rings. The molecule has 0 atom stereocenters. The molecular formula is C16H21N3O. The lowest BCUT2D eigenvalue weighted by Crippen LogP contribution is -2.26. The maximum Gasteiger partial charge on any atom is 0.119 e. The van der Waals surface area contributed by atoms with Gasteiger partial charge < -0.3 is 15.4 Å². The second-order valence-electron chi connectivity index (χ2n) is 4.83. The number of nitrogens with two attached hydrogens (primary N) is 1. The predicted molar refractivity (Wildman–Crippen MR) is 81.8 cm³/mol. The molecule has 0 aliphatic rings. The number of hydrogen-bond donors (Lipinski definition) is 1. The largest absolute Gasteiger partial charge is 0.492 e. The lowest BCUT2D eigenvalue weighted by Gasteiger charge is -2.17. The molecule has 106 valence electrons. The smallest absolute Gasteiger partial charge is 0.119 e. The molecule has 20 heavy (non-hydrogen) atoms. The maximum atomic E-state index is 5.68. The third-order valence-electron chi connectivity index (χ3n) is 3.15. The molecule has 0 aliphatic heterocycles. The summed E-state index contributed by atoms with van der Waals surface area (Å²) < 4.78 is 5.68. The zero-order valence-corrected chi connectivity index (χ0v) is 11.8. The number of anilines is 1. The molecule has 0 bridgehead atoms. The van der Waals surface area contributed by atoms with Crippen molar-refractivity contribution in [1.29, 1.82) is 0 Å². The van der Waals surface area contributed by atoms with Crippen LogP contribution in [0.5, 0.6) is 5.75 Å². The van der Waals surface area contributed by atoms with E-state index in [0.717, 1.165) is 30.9 Å². The van der Waals surface area contributed by atoms with Gasteiger partial charge in [0.15, 0.2) is 0 Å². The van der Waals surface area contributed by atoms with Crippen LogP contribution in [0.2, 0.25) is 0 Å². The van der Waals surface area contributed by atoms with Crippen molar-refractivity contribution in [3.05, 3.63) is 54.4 Å². The highest BCUT2D eigenvalue weighted by atomic mass is 16.5. The van der Waals surface area contributed by atoms with Gasteiger partial charge in [-0.15, -0.1) is 0 Å². The van der Waals surface area contributed by atoms with Crippen molar-refractivity contribution in [3.8, 4) is 5.75 Å². The lowest BCUT2D eigenvalue weighted by atomic mass is 10.2. The first-order chi connectivity index (χ1) is 9.74. The lowest BCUT2D eigenvalue weighted by molar-refractivity contribution is 0.239. The molecule has 0 fully saturated rings. The summed E-state index contributed by atoms with van der Waals surface area (Å²) in [6, 6.07) is 11.6. The van der Waals surface area contributed by atoms with Crippen LogP contribution in [-0.2, 0) is 6.42 Å². The summed E-state index contributed by atoms with van der Waals surface area (Å²) >= 11 is 0. The van der Waals surface area contributed by atoms with Crippen LogP contribution in [0.3, 0.4) is 0 Å². The molecule has 0 unspecified atom stereocenters. The van der Waals surface area contributed by atoms with E-state index in [1.807, 2.05) is 36.7 Å². The van der Waals surface area contributed by atoms with Gasteiger partial charge in [-0.2, -0.15) is 0 Å². The van der Waals surface area contributed by atoms with Gasteiger partial charge in [0.1, 0.15) is 12.4 Å². The number of likely N-dealkylation sites (N-methyl/N-ethyl adjacent to an activating group) is 1. The minimum atomic E-state index is 0.677. The van der Waals surface area contributed by atoms with Crippen LogP contribution in [0.15, 0.2) is 48.8 Å². The molecule has 1 heterocycles. The van der Waals surface area contributed by atoms with Gasteiger partial charge in [0, 0.05) is 31.2 Å². The van der Waals surface area contributed by atoms with Gasteiger partial charge in [0.2, 0.25) is 0 Å². The molecule has 0 saturated heterocycles. The fraction of sp³-hybridized carbons (Fsp3) is 0.312. The summed E-state index contributed by atoms with van der Waals surface area (Å²) in [4.78, 5) is 6.28. The van der Waals surface area contributed by atoms with Gasteiger partial charge in [0.05, 0.1) is 0 Å². The number of aromatic nitrogens is 1. The Labute approximate surface area is 120 Å². The Hall–Kier alpha value is -2.07. The van der Waals surface area contributed by atoms with Crippen molar-refractivity contribution in [2.24, 2.45) is 0 Å². The maximum absolute atomic E-state index is 5.68. The Balaban J connectivity index is 1.65. The summed E-state index contributed by atoms with van der Waals surface area (Å²) in [7, 11) is 2.10. The molecule has 4 heteroatoms. The van der Waals surface area contributed by atoms with E-state index in [-0.39, 0.29) is 0 Å². The number of nitrogen functional groups attached to an aromatic ring is 1. The number of benzene rings is 1. The van der Waals surface area contributed by atoms with Gasteiger partial charge in [-0.3, -0.25) is 4.98 Å². The van der Waals surface area contributed by atoms with Gasteiger partial charge in [-0.25, -0.2) is 0 Å². The number of pyridine rings is 1. The summed E-state index contributed by atoms with van der Waals surface area (Å²) in [6.07, 6.45) is 4.69. The number of rotatable bonds is 7. The molecule has 1 aromatic heterocycles. The highest BCUT2D eigenvalue weighted by Gasteiger charge is 2.00. The van der Waals surface area contributed by atoms with Crippen molar-refractivity contribution in [2.45, 2.75) is 6.42 Å². The molecular weight excluding hydrogens is 250 g/mol. The standard InChI is InChI=1S/C16H21N3O/c1-19(11-8-14-6-9-18-10-7-14)12-13-20-16-4-2-15(17)3-5-16/h2-7,9-10H,8,11-13,17H2,1H3. The molecule has 2 rings (SSSR count). The fourth-order valence-corrected chi connectivity index (χ4v) is 1.86. The quantitative estimate of drug-likeness (QED) is 0.785. The van der Waals surface area contributed by atoms with Gasteiger partial charge in [0.25, 0.3) is 0 Å². The summed E-state index contributed by atoms with van der Waals surface area (Å²) in [5.74, 6) is 0.863. The van der Waals surface area contributed by atoms with Crippen molar-refractivity contribution in [1.82, 2.24) is 9.88 Å². The molecule has 0 spiro atoms.